The van der Waals surface area contributed by atoms with Crippen LogP contribution in [0.3, 0.4) is 0 Å². The standard InChI is InChI=1S/C15H24ClN3O/c1-10(2)8-19(11(3)4)9-15(20)18-14-7-12(16)5-6-13(14)17/h5-7,10-11H,8-9,17H2,1-4H3,(H,18,20). The summed E-state index contributed by atoms with van der Waals surface area (Å²) in [4.78, 5) is 14.3. The molecule has 1 amide bonds. The summed E-state index contributed by atoms with van der Waals surface area (Å²) in [7, 11) is 0. The van der Waals surface area contributed by atoms with E-state index in [0.717, 1.165) is 6.54 Å². The second-order valence-electron chi connectivity index (χ2n) is 5.70. The van der Waals surface area contributed by atoms with Crippen molar-refractivity contribution < 1.29 is 4.79 Å². The minimum Gasteiger partial charge on any atom is -0.397 e. The van der Waals surface area contributed by atoms with Gasteiger partial charge in [0.05, 0.1) is 17.9 Å². The lowest BCUT2D eigenvalue weighted by atomic mass is 10.2. The predicted octanol–water partition coefficient (Wildman–Crippen LogP) is 3.23. The Labute approximate surface area is 126 Å². The van der Waals surface area contributed by atoms with Gasteiger partial charge in [0.1, 0.15) is 0 Å². The molecule has 0 bridgehead atoms. The zero-order valence-electron chi connectivity index (χ0n) is 12.6. The summed E-state index contributed by atoms with van der Waals surface area (Å²) < 4.78 is 0. The molecule has 3 N–H and O–H groups in total. The van der Waals surface area contributed by atoms with Crippen LogP contribution in [0.1, 0.15) is 27.7 Å². The van der Waals surface area contributed by atoms with Crippen molar-refractivity contribution in [2.45, 2.75) is 33.7 Å². The molecule has 0 saturated carbocycles. The maximum Gasteiger partial charge on any atom is 0.238 e. The first-order valence-corrected chi connectivity index (χ1v) is 7.26. The van der Waals surface area contributed by atoms with Gasteiger partial charge in [-0.25, -0.2) is 0 Å². The van der Waals surface area contributed by atoms with Crippen LogP contribution in [0.15, 0.2) is 18.2 Å². The third kappa shape index (κ3) is 5.39. The molecule has 0 spiro atoms. The molecule has 0 heterocycles. The number of halogens is 1. The van der Waals surface area contributed by atoms with E-state index in [1.54, 1.807) is 18.2 Å². The number of nitrogens with zero attached hydrogens (tertiary/aromatic N) is 1. The monoisotopic (exact) mass is 297 g/mol. The molecule has 0 aromatic heterocycles. The van der Waals surface area contributed by atoms with Crippen molar-refractivity contribution in [3.05, 3.63) is 23.2 Å². The maximum absolute atomic E-state index is 12.1. The SMILES string of the molecule is CC(C)CN(CC(=O)Nc1cc(Cl)ccc1N)C(C)C. The molecule has 112 valence electrons. The average Bonchev–Trinajstić information content (AvgIpc) is 2.32. The first-order valence-electron chi connectivity index (χ1n) is 6.88. The number of nitrogens with one attached hydrogen (secondary N) is 1. The lowest BCUT2D eigenvalue weighted by Crippen LogP contribution is -2.40. The number of hydrogen-bond acceptors (Lipinski definition) is 3. The average molecular weight is 298 g/mol. The lowest BCUT2D eigenvalue weighted by Gasteiger charge is -2.27. The van der Waals surface area contributed by atoms with E-state index in [9.17, 15) is 4.79 Å². The normalized spacial score (nSPS) is 11.4. The molecular formula is C15H24ClN3O. The third-order valence-corrected chi connectivity index (χ3v) is 3.20. The van der Waals surface area contributed by atoms with E-state index in [1.807, 2.05) is 0 Å². The van der Waals surface area contributed by atoms with Crippen LogP contribution in [-0.2, 0) is 4.79 Å². The largest absolute Gasteiger partial charge is 0.397 e. The molecule has 0 fully saturated rings. The van der Waals surface area contributed by atoms with Crippen molar-refractivity contribution in [3.63, 3.8) is 0 Å². The van der Waals surface area contributed by atoms with Gasteiger partial charge in [0, 0.05) is 17.6 Å². The maximum atomic E-state index is 12.1. The summed E-state index contributed by atoms with van der Waals surface area (Å²) >= 11 is 5.91. The zero-order valence-corrected chi connectivity index (χ0v) is 13.4. The Balaban J connectivity index is 2.68. The highest BCUT2D eigenvalue weighted by molar-refractivity contribution is 6.31. The molecule has 1 aromatic rings. The summed E-state index contributed by atoms with van der Waals surface area (Å²) in [5.74, 6) is 0.440. The van der Waals surface area contributed by atoms with Crippen LogP contribution in [0.25, 0.3) is 0 Å². The Morgan fingerprint density at radius 3 is 2.55 bits per heavy atom. The van der Waals surface area contributed by atoms with Gasteiger partial charge in [0.15, 0.2) is 0 Å². The Kier molecular flexibility index (Phi) is 6.30. The van der Waals surface area contributed by atoms with Crippen molar-refractivity contribution in [3.8, 4) is 0 Å². The van der Waals surface area contributed by atoms with Crippen LogP contribution in [0, 0.1) is 5.92 Å². The van der Waals surface area contributed by atoms with E-state index in [0.29, 0.717) is 34.9 Å². The first-order chi connectivity index (χ1) is 9.29. The summed E-state index contributed by atoms with van der Waals surface area (Å²) in [5.41, 5.74) is 6.90. The molecule has 0 saturated heterocycles. The summed E-state index contributed by atoms with van der Waals surface area (Å²) in [5, 5.41) is 3.37. The molecule has 1 aromatic carbocycles. The van der Waals surface area contributed by atoms with E-state index in [2.05, 4.69) is 37.9 Å². The molecule has 0 aliphatic heterocycles. The van der Waals surface area contributed by atoms with Gasteiger partial charge in [0.2, 0.25) is 5.91 Å². The predicted molar refractivity (Wildman–Crippen MR) is 86.0 cm³/mol. The van der Waals surface area contributed by atoms with Crippen LogP contribution < -0.4 is 11.1 Å². The number of amides is 1. The van der Waals surface area contributed by atoms with E-state index < -0.39 is 0 Å². The molecule has 0 radical (unpaired) electrons. The van der Waals surface area contributed by atoms with E-state index in [-0.39, 0.29) is 5.91 Å². The first kappa shape index (κ1) is 16.8. The number of hydrogen-bond donors (Lipinski definition) is 2. The number of benzene rings is 1. The number of carbonyl (C=O) groups excluding carboxylic acids is 1. The van der Waals surface area contributed by atoms with Gasteiger partial charge < -0.3 is 11.1 Å². The van der Waals surface area contributed by atoms with Crippen LogP contribution in [0.5, 0.6) is 0 Å². The molecule has 20 heavy (non-hydrogen) atoms. The summed E-state index contributed by atoms with van der Waals surface area (Å²) in [6, 6.07) is 5.37. The highest BCUT2D eigenvalue weighted by Crippen LogP contribution is 2.22. The number of carbonyl (C=O) groups is 1. The van der Waals surface area contributed by atoms with Gasteiger partial charge >= 0.3 is 0 Å². The van der Waals surface area contributed by atoms with Gasteiger partial charge in [-0.3, -0.25) is 9.69 Å². The molecule has 0 aliphatic rings. The van der Waals surface area contributed by atoms with Gasteiger partial charge in [-0.2, -0.15) is 0 Å². The quantitative estimate of drug-likeness (QED) is 0.793. The van der Waals surface area contributed by atoms with Gasteiger partial charge in [-0.1, -0.05) is 25.4 Å². The van der Waals surface area contributed by atoms with Crippen LogP contribution >= 0.6 is 11.6 Å². The van der Waals surface area contributed by atoms with Crippen molar-refractivity contribution in [1.29, 1.82) is 0 Å². The number of nitrogens with two attached hydrogens (primary N) is 1. The Morgan fingerprint density at radius 1 is 1.35 bits per heavy atom. The molecular weight excluding hydrogens is 274 g/mol. The molecule has 4 nitrogen and oxygen atoms in total. The second kappa shape index (κ2) is 7.50. The van der Waals surface area contributed by atoms with Gasteiger partial charge in [0.25, 0.3) is 0 Å². The Morgan fingerprint density at radius 2 is 2.00 bits per heavy atom. The fourth-order valence-corrected chi connectivity index (χ4v) is 2.11. The highest BCUT2D eigenvalue weighted by Gasteiger charge is 2.16. The minimum absolute atomic E-state index is 0.0756. The molecule has 0 unspecified atom stereocenters. The third-order valence-electron chi connectivity index (χ3n) is 2.97. The zero-order chi connectivity index (χ0) is 15.3. The van der Waals surface area contributed by atoms with E-state index in [1.165, 1.54) is 0 Å². The fraction of sp³-hybridized carbons (Fsp3) is 0.533. The summed E-state index contributed by atoms with van der Waals surface area (Å²) in [6.07, 6.45) is 0. The van der Waals surface area contributed by atoms with Gasteiger partial charge in [-0.15, -0.1) is 0 Å². The smallest absolute Gasteiger partial charge is 0.238 e. The molecule has 0 atom stereocenters. The van der Waals surface area contributed by atoms with Crippen molar-refractivity contribution in [2.75, 3.05) is 24.1 Å². The lowest BCUT2D eigenvalue weighted by molar-refractivity contribution is -0.117. The number of nitrogen functional groups attached to an aromatic ring is 1. The topological polar surface area (TPSA) is 58.4 Å². The van der Waals surface area contributed by atoms with Crippen molar-refractivity contribution in [2.24, 2.45) is 5.92 Å². The highest BCUT2D eigenvalue weighted by atomic mass is 35.5. The van der Waals surface area contributed by atoms with Gasteiger partial charge in [-0.05, 0) is 38.0 Å². The Bertz CT molecular complexity index is 460. The van der Waals surface area contributed by atoms with E-state index >= 15 is 0 Å². The number of anilines is 2. The van der Waals surface area contributed by atoms with Crippen LogP contribution in [0.2, 0.25) is 5.02 Å². The Hall–Kier alpha value is -1.26. The van der Waals surface area contributed by atoms with Crippen LogP contribution in [0.4, 0.5) is 11.4 Å². The second-order valence-corrected chi connectivity index (χ2v) is 6.13. The van der Waals surface area contributed by atoms with Crippen molar-refractivity contribution in [1.82, 2.24) is 4.90 Å². The molecule has 1 rings (SSSR count). The van der Waals surface area contributed by atoms with E-state index in [4.69, 9.17) is 17.3 Å². The summed E-state index contributed by atoms with van der Waals surface area (Å²) in [6.45, 7) is 9.69. The van der Waals surface area contributed by atoms with Crippen molar-refractivity contribution >= 4 is 28.9 Å². The molecule has 5 heteroatoms. The number of rotatable bonds is 6. The molecule has 0 aliphatic carbocycles. The minimum atomic E-state index is -0.0756. The fourth-order valence-electron chi connectivity index (χ4n) is 1.94. The van der Waals surface area contributed by atoms with Crippen LogP contribution in [-0.4, -0.2) is 29.9 Å².